The van der Waals surface area contributed by atoms with E-state index in [2.05, 4.69) is 5.32 Å². The molecule has 0 aliphatic rings. The molecule has 0 spiro atoms. The van der Waals surface area contributed by atoms with Crippen molar-refractivity contribution in [3.63, 3.8) is 0 Å². The lowest BCUT2D eigenvalue weighted by Crippen LogP contribution is -2.49. The average Bonchev–Trinajstić information content (AvgIpc) is 2.83. The maximum Gasteiger partial charge on any atom is 0.242 e. The van der Waals surface area contributed by atoms with Gasteiger partial charge in [-0.2, -0.15) is 0 Å². The summed E-state index contributed by atoms with van der Waals surface area (Å²) in [6.07, 6.45) is 3.56. The van der Waals surface area contributed by atoms with Gasteiger partial charge in [-0.3, -0.25) is 13.9 Å². The van der Waals surface area contributed by atoms with Crippen LogP contribution >= 0.6 is 11.6 Å². The van der Waals surface area contributed by atoms with Gasteiger partial charge >= 0.3 is 0 Å². The summed E-state index contributed by atoms with van der Waals surface area (Å²) >= 11 is 6.00. The van der Waals surface area contributed by atoms with Gasteiger partial charge in [-0.15, -0.1) is 0 Å². The number of unbranched alkanes of at least 4 members (excludes halogenated alkanes) is 1. The SMILES string of the molecule is CCCCNC(=O)[C@@H](CC)N(Cc1ccc(Cl)cc1)C(=O)CCCN(c1ccc(F)cc1)S(C)(=O)=O. The van der Waals surface area contributed by atoms with Crippen molar-refractivity contribution >= 4 is 39.1 Å². The van der Waals surface area contributed by atoms with Crippen molar-refractivity contribution in [2.24, 2.45) is 0 Å². The number of carbonyl (C=O) groups excluding carboxylic acids is 2. The highest BCUT2D eigenvalue weighted by Gasteiger charge is 2.28. The minimum Gasteiger partial charge on any atom is -0.354 e. The first-order chi connectivity index (χ1) is 17.1. The Labute approximate surface area is 218 Å². The molecule has 0 heterocycles. The van der Waals surface area contributed by atoms with E-state index in [1.807, 2.05) is 26.0 Å². The predicted octanol–water partition coefficient (Wildman–Crippen LogP) is 4.75. The van der Waals surface area contributed by atoms with Crippen molar-refractivity contribution in [2.45, 2.75) is 58.5 Å². The fraction of sp³-hybridized carbons (Fsp3) is 0.462. The quantitative estimate of drug-likeness (QED) is 0.351. The van der Waals surface area contributed by atoms with E-state index in [0.29, 0.717) is 23.7 Å². The first-order valence-corrected chi connectivity index (χ1v) is 14.3. The van der Waals surface area contributed by atoms with E-state index in [1.165, 1.54) is 24.3 Å². The molecule has 0 aromatic heterocycles. The minimum absolute atomic E-state index is 0.0412. The predicted molar refractivity (Wildman–Crippen MR) is 142 cm³/mol. The Morgan fingerprint density at radius 3 is 2.22 bits per heavy atom. The van der Waals surface area contributed by atoms with Gasteiger partial charge in [-0.25, -0.2) is 12.8 Å². The Morgan fingerprint density at radius 1 is 1.03 bits per heavy atom. The Morgan fingerprint density at radius 2 is 1.67 bits per heavy atom. The second kappa shape index (κ2) is 14.2. The molecular weight excluding hydrogens is 505 g/mol. The van der Waals surface area contributed by atoms with Crippen LogP contribution in [0.15, 0.2) is 48.5 Å². The summed E-state index contributed by atoms with van der Waals surface area (Å²) in [6.45, 7) is 4.70. The molecule has 1 N–H and O–H groups in total. The third-order valence-electron chi connectivity index (χ3n) is 5.75. The monoisotopic (exact) mass is 539 g/mol. The second-order valence-corrected chi connectivity index (χ2v) is 11.0. The van der Waals surface area contributed by atoms with Gasteiger partial charge in [0, 0.05) is 31.1 Å². The van der Waals surface area contributed by atoms with E-state index in [4.69, 9.17) is 11.6 Å². The first-order valence-electron chi connectivity index (χ1n) is 12.1. The number of benzene rings is 2. The number of hydrogen-bond donors (Lipinski definition) is 1. The lowest BCUT2D eigenvalue weighted by atomic mass is 10.1. The topological polar surface area (TPSA) is 86.8 Å². The van der Waals surface area contributed by atoms with Crippen molar-refractivity contribution in [1.29, 1.82) is 0 Å². The van der Waals surface area contributed by atoms with E-state index in [9.17, 15) is 22.4 Å². The van der Waals surface area contributed by atoms with Gasteiger partial charge in [0.15, 0.2) is 0 Å². The van der Waals surface area contributed by atoms with Crippen LogP contribution in [-0.2, 0) is 26.2 Å². The molecule has 0 bridgehead atoms. The second-order valence-electron chi connectivity index (χ2n) is 8.63. The summed E-state index contributed by atoms with van der Waals surface area (Å²) in [7, 11) is -3.64. The number of hydrogen-bond acceptors (Lipinski definition) is 4. The normalized spacial score (nSPS) is 12.1. The molecule has 0 radical (unpaired) electrons. The molecule has 0 unspecified atom stereocenters. The van der Waals surface area contributed by atoms with Crippen LogP contribution in [-0.4, -0.2) is 50.5 Å². The minimum atomic E-state index is -3.64. The maximum atomic E-state index is 13.4. The number of nitrogens with zero attached hydrogens (tertiary/aromatic N) is 2. The van der Waals surface area contributed by atoms with Gasteiger partial charge in [0.25, 0.3) is 0 Å². The van der Waals surface area contributed by atoms with E-state index >= 15 is 0 Å². The maximum absolute atomic E-state index is 13.4. The molecule has 36 heavy (non-hydrogen) atoms. The summed E-state index contributed by atoms with van der Waals surface area (Å²) in [5.74, 6) is -0.935. The Hall–Kier alpha value is -2.65. The third kappa shape index (κ3) is 9.09. The van der Waals surface area contributed by atoms with Crippen LogP contribution in [0.25, 0.3) is 0 Å². The molecular formula is C26H35ClFN3O4S. The van der Waals surface area contributed by atoms with Crippen LogP contribution in [0.4, 0.5) is 10.1 Å². The summed E-state index contributed by atoms with van der Waals surface area (Å²) in [6, 6.07) is 11.6. The molecule has 0 aliphatic heterocycles. The summed E-state index contributed by atoms with van der Waals surface area (Å²) in [4.78, 5) is 27.8. The lowest BCUT2D eigenvalue weighted by Gasteiger charge is -2.31. The molecule has 2 aromatic rings. The summed E-state index contributed by atoms with van der Waals surface area (Å²) in [5, 5.41) is 3.48. The molecule has 0 saturated heterocycles. The molecule has 0 fully saturated rings. The molecule has 0 saturated carbocycles. The van der Waals surface area contributed by atoms with Gasteiger partial charge in [0.05, 0.1) is 11.9 Å². The van der Waals surface area contributed by atoms with Crippen LogP contribution in [0, 0.1) is 5.82 Å². The molecule has 10 heteroatoms. The van der Waals surface area contributed by atoms with E-state index in [-0.39, 0.29) is 37.7 Å². The summed E-state index contributed by atoms with van der Waals surface area (Å²) < 4.78 is 39.1. The van der Waals surface area contributed by atoms with Gasteiger partial charge in [-0.1, -0.05) is 44.0 Å². The molecule has 198 valence electrons. The van der Waals surface area contributed by atoms with E-state index in [0.717, 1.165) is 29.0 Å². The van der Waals surface area contributed by atoms with Crippen molar-refractivity contribution in [3.8, 4) is 0 Å². The highest BCUT2D eigenvalue weighted by Crippen LogP contribution is 2.20. The van der Waals surface area contributed by atoms with Crippen molar-refractivity contribution in [1.82, 2.24) is 10.2 Å². The van der Waals surface area contributed by atoms with Gasteiger partial charge in [-0.05, 0) is 61.2 Å². The highest BCUT2D eigenvalue weighted by molar-refractivity contribution is 7.92. The molecule has 2 rings (SSSR count). The van der Waals surface area contributed by atoms with Crippen LogP contribution in [0.2, 0.25) is 5.02 Å². The van der Waals surface area contributed by atoms with E-state index < -0.39 is 21.9 Å². The standard InChI is InChI=1S/C26H35ClFN3O4S/c1-4-6-17-29-26(33)24(5-2)30(19-20-9-11-21(27)12-10-20)25(32)8-7-18-31(36(3,34)35)23-15-13-22(28)14-16-23/h9-16,24H,4-8,17-19H2,1-3H3,(H,29,33)/t24-/m1/s1. The highest BCUT2D eigenvalue weighted by atomic mass is 35.5. The molecule has 2 amide bonds. The van der Waals surface area contributed by atoms with Crippen molar-refractivity contribution in [3.05, 3.63) is 64.9 Å². The largest absolute Gasteiger partial charge is 0.354 e. The fourth-order valence-electron chi connectivity index (χ4n) is 3.82. The Kier molecular flexibility index (Phi) is 11.7. The van der Waals surface area contributed by atoms with Crippen LogP contribution in [0.3, 0.4) is 0 Å². The molecule has 2 aromatic carbocycles. The number of halogens is 2. The Bertz CT molecular complexity index is 1100. The number of rotatable bonds is 14. The van der Waals surface area contributed by atoms with Crippen molar-refractivity contribution in [2.75, 3.05) is 23.7 Å². The number of amides is 2. The number of nitrogens with one attached hydrogen (secondary N) is 1. The summed E-state index contributed by atoms with van der Waals surface area (Å²) in [5.41, 5.74) is 1.16. The molecule has 7 nitrogen and oxygen atoms in total. The number of anilines is 1. The van der Waals surface area contributed by atoms with Gasteiger partial charge in [0.2, 0.25) is 21.8 Å². The molecule has 1 atom stereocenters. The van der Waals surface area contributed by atoms with Gasteiger partial charge in [0.1, 0.15) is 11.9 Å². The zero-order valence-corrected chi connectivity index (χ0v) is 22.6. The number of carbonyl (C=O) groups is 2. The lowest BCUT2D eigenvalue weighted by molar-refractivity contribution is -0.141. The number of sulfonamides is 1. The van der Waals surface area contributed by atoms with Crippen LogP contribution in [0.5, 0.6) is 0 Å². The van der Waals surface area contributed by atoms with Crippen molar-refractivity contribution < 1.29 is 22.4 Å². The van der Waals surface area contributed by atoms with Crippen LogP contribution < -0.4 is 9.62 Å². The van der Waals surface area contributed by atoms with Gasteiger partial charge < -0.3 is 10.2 Å². The van der Waals surface area contributed by atoms with Crippen LogP contribution in [0.1, 0.15) is 51.5 Å². The first kappa shape index (κ1) is 29.6. The fourth-order valence-corrected chi connectivity index (χ4v) is 4.91. The Balaban J connectivity index is 2.18. The zero-order valence-electron chi connectivity index (χ0n) is 21.0. The molecule has 0 aliphatic carbocycles. The third-order valence-corrected chi connectivity index (χ3v) is 7.19. The smallest absolute Gasteiger partial charge is 0.242 e. The van der Waals surface area contributed by atoms with E-state index in [1.54, 1.807) is 17.0 Å². The zero-order chi connectivity index (χ0) is 26.7. The average molecular weight is 540 g/mol.